The molecule has 0 saturated carbocycles. The van der Waals surface area contributed by atoms with Gasteiger partial charge >= 0.3 is 0 Å². The average molecular weight is 265 g/mol. The fourth-order valence-corrected chi connectivity index (χ4v) is 2.12. The van der Waals surface area contributed by atoms with Gasteiger partial charge in [-0.15, -0.1) is 0 Å². The standard InChI is InChI=1S/C16H15N3O/c1-11-6-5-8-14(12(11)2)17-16(20)15-10-13-7-3-4-9-19(13)18-15/h3-10H,1-2H3,(H,17,20). The van der Waals surface area contributed by atoms with E-state index in [0.29, 0.717) is 5.69 Å². The van der Waals surface area contributed by atoms with Gasteiger partial charge in [0.15, 0.2) is 5.69 Å². The van der Waals surface area contributed by atoms with E-state index in [0.717, 1.165) is 22.3 Å². The minimum Gasteiger partial charge on any atom is -0.320 e. The van der Waals surface area contributed by atoms with Gasteiger partial charge in [0.25, 0.3) is 5.91 Å². The molecule has 1 N–H and O–H groups in total. The summed E-state index contributed by atoms with van der Waals surface area (Å²) in [6.45, 7) is 4.02. The van der Waals surface area contributed by atoms with Crippen LogP contribution in [0, 0.1) is 13.8 Å². The fraction of sp³-hybridized carbons (Fsp3) is 0.125. The molecule has 4 nitrogen and oxygen atoms in total. The van der Waals surface area contributed by atoms with E-state index in [9.17, 15) is 4.79 Å². The van der Waals surface area contributed by atoms with Crippen LogP contribution in [-0.2, 0) is 0 Å². The number of hydrogen-bond donors (Lipinski definition) is 1. The third-order valence-corrected chi connectivity index (χ3v) is 3.46. The van der Waals surface area contributed by atoms with E-state index in [1.165, 1.54) is 0 Å². The zero-order valence-corrected chi connectivity index (χ0v) is 11.4. The van der Waals surface area contributed by atoms with Crippen LogP contribution >= 0.6 is 0 Å². The van der Waals surface area contributed by atoms with Crippen LogP contribution in [0.2, 0.25) is 0 Å². The summed E-state index contributed by atoms with van der Waals surface area (Å²) < 4.78 is 1.69. The summed E-state index contributed by atoms with van der Waals surface area (Å²) in [6.07, 6.45) is 1.82. The van der Waals surface area contributed by atoms with Crippen LogP contribution in [0.25, 0.3) is 5.52 Å². The Morgan fingerprint density at radius 2 is 2.00 bits per heavy atom. The Morgan fingerprint density at radius 1 is 1.15 bits per heavy atom. The number of benzene rings is 1. The molecule has 20 heavy (non-hydrogen) atoms. The first kappa shape index (κ1) is 12.4. The first-order chi connectivity index (χ1) is 9.65. The Morgan fingerprint density at radius 3 is 2.80 bits per heavy atom. The number of pyridine rings is 1. The molecule has 0 spiro atoms. The SMILES string of the molecule is Cc1cccc(NC(=O)c2cc3ccccn3n2)c1C. The molecule has 4 heteroatoms. The Hall–Kier alpha value is -2.62. The van der Waals surface area contributed by atoms with E-state index in [1.54, 1.807) is 10.6 Å². The number of carbonyl (C=O) groups excluding carboxylic acids is 1. The van der Waals surface area contributed by atoms with Gasteiger partial charge in [0.05, 0.1) is 5.52 Å². The highest BCUT2D eigenvalue weighted by Gasteiger charge is 2.12. The second-order valence-electron chi connectivity index (χ2n) is 4.80. The number of aromatic nitrogens is 2. The van der Waals surface area contributed by atoms with Crippen molar-refractivity contribution in [1.82, 2.24) is 9.61 Å². The van der Waals surface area contributed by atoms with E-state index in [1.807, 2.05) is 56.4 Å². The molecule has 0 fully saturated rings. The molecule has 0 unspecified atom stereocenters. The maximum absolute atomic E-state index is 12.3. The van der Waals surface area contributed by atoms with E-state index >= 15 is 0 Å². The van der Waals surface area contributed by atoms with Crippen LogP contribution in [0.4, 0.5) is 5.69 Å². The second-order valence-corrected chi connectivity index (χ2v) is 4.80. The molecule has 2 aromatic heterocycles. The van der Waals surface area contributed by atoms with Crippen molar-refractivity contribution in [2.75, 3.05) is 5.32 Å². The molecule has 0 atom stereocenters. The highest BCUT2D eigenvalue weighted by atomic mass is 16.1. The van der Waals surface area contributed by atoms with Crippen molar-refractivity contribution in [1.29, 1.82) is 0 Å². The van der Waals surface area contributed by atoms with Crippen LogP contribution in [0.3, 0.4) is 0 Å². The number of fused-ring (bicyclic) bond motifs is 1. The van der Waals surface area contributed by atoms with Gasteiger partial charge in [-0.05, 0) is 49.2 Å². The van der Waals surface area contributed by atoms with Gasteiger partial charge in [-0.1, -0.05) is 18.2 Å². The number of amides is 1. The van der Waals surface area contributed by atoms with Crippen LogP contribution < -0.4 is 5.32 Å². The molecule has 2 heterocycles. The minimum atomic E-state index is -0.192. The van der Waals surface area contributed by atoms with Crippen molar-refractivity contribution >= 4 is 17.1 Å². The lowest BCUT2D eigenvalue weighted by molar-refractivity contribution is 0.102. The van der Waals surface area contributed by atoms with Gasteiger partial charge in [0, 0.05) is 11.9 Å². The number of anilines is 1. The smallest absolute Gasteiger partial charge is 0.276 e. The maximum atomic E-state index is 12.3. The van der Waals surface area contributed by atoms with E-state index in [-0.39, 0.29) is 5.91 Å². The summed E-state index contributed by atoms with van der Waals surface area (Å²) >= 11 is 0. The van der Waals surface area contributed by atoms with Gasteiger partial charge in [0.1, 0.15) is 0 Å². The molecule has 1 amide bonds. The molecule has 3 aromatic rings. The molecular weight excluding hydrogens is 250 g/mol. The van der Waals surface area contributed by atoms with Crippen LogP contribution in [-0.4, -0.2) is 15.5 Å². The molecule has 0 saturated heterocycles. The molecule has 100 valence electrons. The number of aryl methyl sites for hydroxylation is 1. The molecule has 3 rings (SSSR count). The number of nitrogens with zero attached hydrogens (tertiary/aromatic N) is 2. The third-order valence-electron chi connectivity index (χ3n) is 3.46. The maximum Gasteiger partial charge on any atom is 0.276 e. The fourth-order valence-electron chi connectivity index (χ4n) is 2.12. The first-order valence-corrected chi connectivity index (χ1v) is 6.47. The summed E-state index contributed by atoms with van der Waals surface area (Å²) in [7, 11) is 0. The average Bonchev–Trinajstić information content (AvgIpc) is 2.88. The van der Waals surface area contributed by atoms with Crippen molar-refractivity contribution in [3.63, 3.8) is 0 Å². The Kier molecular flexibility index (Phi) is 2.99. The summed E-state index contributed by atoms with van der Waals surface area (Å²) in [4.78, 5) is 12.3. The summed E-state index contributed by atoms with van der Waals surface area (Å²) in [6, 6.07) is 13.4. The lowest BCUT2D eigenvalue weighted by atomic mass is 10.1. The van der Waals surface area contributed by atoms with E-state index in [4.69, 9.17) is 0 Å². The Bertz CT molecular complexity index is 756. The van der Waals surface area contributed by atoms with Gasteiger partial charge in [-0.2, -0.15) is 5.10 Å². The number of rotatable bonds is 2. The molecule has 0 aliphatic carbocycles. The normalized spacial score (nSPS) is 10.7. The van der Waals surface area contributed by atoms with Gasteiger partial charge in [-0.3, -0.25) is 4.79 Å². The van der Waals surface area contributed by atoms with Gasteiger partial charge < -0.3 is 5.32 Å². The van der Waals surface area contributed by atoms with Crippen molar-refractivity contribution in [3.8, 4) is 0 Å². The zero-order valence-electron chi connectivity index (χ0n) is 11.4. The lowest BCUT2D eigenvalue weighted by Crippen LogP contribution is -2.13. The number of carbonyl (C=O) groups is 1. The number of nitrogens with one attached hydrogen (secondary N) is 1. The summed E-state index contributed by atoms with van der Waals surface area (Å²) in [5.74, 6) is -0.192. The minimum absolute atomic E-state index is 0.192. The largest absolute Gasteiger partial charge is 0.320 e. The summed E-state index contributed by atoms with van der Waals surface area (Å²) in [5.41, 5.74) is 4.37. The molecule has 0 radical (unpaired) electrons. The first-order valence-electron chi connectivity index (χ1n) is 6.47. The predicted molar refractivity (Wildman–Crippen MR) is 79.1 cm³/mol. The quantitative estimate of drug-likeness (QED) is 0.773. The van der Waals surface area contributed by atoms with Gasteiger partial charge in [0.2, 0.25) is 0 Å². The predicted octanol–water partition coefficient (Wildman–Crippen LogP) is 3.20. The summed E-state index contributed by atoms with van der Waals surface area (Å²) in [5, 5.41) is 7.18. The van der Waals surface area contributed by atoms with Crippen molar-refractivity contribution < 1.29 is 4.79 Å². The molecule has 0 aliphatic rings. The Labute approximate surface area is 117 Å². The zero-order chi connectivity index (χ0) is 14.1. The van der Waals surface area contributed by atoms with Crippen molar-refractivity contribution in [3.05, 3.63) is 65.5 Å². The second kappa shape index (κ2) is 4.81. The van der Waals surface area contributed by atoms with Crippen molar-refractivity contribution in [2.45, 2.75) is 13.8 Å². The highest BCUT2D eigenvalue weighted by Crippen LogP contribution is 2.19. The molecule has 1 aromatic carbocycles. The number of hydrogen-bond acceptors (Lipinski definition) is 2. The molecule has 0 bridgehead atoms. The van der Waals surface area contributed by atoms with Crippen molar-refractivity contribution in [2.24, 2.45) is 0 Å². The van der Waals surface area contributed by atoms with Gasteiger partial charge in [-0.25, -0.2) is 4.52 Å². The monoisotopic (exact) mass is 265 g/mol. The van der Waals surface area contributed by atoms with Crippen LogP contribution in [0.5, 0.6) is 0 Å². The van der Waals surface area contributed by atoms with Crippen LogP contribution in [0.1, 0.15) is 21.6 Å². The highest BCUT2D eigenvalue weighted by molar-refractivity contribution is 6.04. The molecule has 0 aliphatic heterocycles. The third kappa shape index (κ3) is 2.16. The lowest BCUT2D eigenvalue weighted by Gasteiger charge is -2.08. The topological polar surface area (TPSA) is 46.4 Å². The van der Waals surface area contributed by atoms with E-state index < -0.39 is 0 Å². The van der Waals surface area contributed by atoms with E-state index in [2.05, 4.69) is 10.4 Å². The Balaban J connectivity index is 1.91. The van der Waals surface area contributed by atoms with Crippen LogP contribution in [0.15, 0.2) is 48.7 Å². The molecular formula is C16H15N3O.